The number of phenols is 1. The maximum Gasteiger partial charge on any atom is 0.115 e. The molecule has 1 rings (SSSR count). The molecule has 0 amide bonds. The molecule has 0 atom stereocenters. The van der Waals surface area contributed by atoms with E-state index >= 15 is 0 Å². The van der Waals surface area contributed by atoms with Gasteiger partial charge in [-0.25, -0.2) is 0 Å². The van der Waals surface area contributed by atoms with Crippen molar-refractivity contribution >= 4 is 0 Å². The van der Waals surface area contributed by atoms with Crippen molar-refractivity contribution in [1.29, 1.82) is 0 Å². The Morgan fingerprint density at radius 1 is 1.12 bits per heavy atom. The van der Waals surface area contributed by atoms with Gasteiger partial charge in [-0.05, 0) is 43.5 Å². The number of rotatable bonds is 8. The zero-order valence-corrected chi connectivity index (χ0v) is 9.91. The first kappa shape index (κ1) is 13.0. The first-order valence-electron chi connectivity index (χ1n) is 5.80. The number of methoxy groups -OCH3 is 1. The summed E-state index contributed by atoms with van der Waals surface area (Å²) in [4.78, 5) is 0. The van der Waals surface area contributed by atoms with E-state index in [1.807, 2.05) is 12.1 Å². The topological polar surface area (TPSA) is 41.5 Å². The summed E-state index contributed by atoms with van der Waals surface area (Å²) in [5.41, 5.74) is 1.29. The Morgan fingerprint density at radius 2 is 1.88 bits per heavy atom. The fraction of sp³-hybridized carbons (Fsp3) is 0.538. The maximum absolute atomic E-state index is 9.13. The van der Waals surface area contributed by atoms with Crippen molar-refractivity contribution in [2.75, 3.05) is 26.8 Å². The number of phenolic OH excluding ortho intramolecular Hbond substituents is 1. The SMILES string of the molecule is COCCNCCCCc1ccc(O)cc1. The first-order valence-corrected chi connectivity index (χ1v) is 5.80. The van der Waals surface area contributed by atoms with E-state index in [4.69, 9.17) is 9.84 Å². The van der Waals surface area contributed by atoms with Gasteiger partial charge in [0.1, 0.15) is 5.75 Å². The van der Waals surface area contributed by atoms with Crippen LogP contribution in [0.4, 0.5) is 0 Å². The summed E-state index contributed by atoms with van der Waals surface area (Å²) in [6.07, 6.45) is 3.42. The van der Waals surface area contributed by atoms with E-state index in [-0.39, 0.29) is 0 Å². The molecule has 2 N–H and O–H groups in total. The third-order valence-electron chi connectivity index (χ3n) is 2.49. The van der Waals surface area contributed by atoms with Gasteiger partial charge in [-0.1, -0.05) is 12.1 Å². The lowest BCUT2D eigenvalue weighted by atomic mass is 10.1. The largest absolute Gasteiger partial charge is 0.508 e. The number of benzene rings is 1. The highest BCUT2D eigenvalue weighted by molar-refractivity contribution is 5.25. The predicted molar refractivity (Wildman–Crippen MR) is 65.8 cm³/mol. The highest BCUT2D eigenvalue weighted by atomic mass is 16.5. The summed E-state index contributed by atoms with van der Waals surface area (Å²) in [5.74, 6) is 0.338. The van der Waals surface area contributed by atoms with Crippen molar-refractivity contribution in [3.63, 3.8) is 0 Å². The number of nitrogens with one attached hydrogen (secondary N) is 1. The van der Waals surface area contributed by atoms with Gasteiger partial charge in [-0.15, -0.1) is 0 Å². The quantitative estimate of drug-likeness (QED) is 0.662. The fourth-order valence-electron chi connectivity index (χ4n) is 1.54. The second-order valence-corrected chi connectivity index (χ2v) is 3.87. The van der Waals surface area contributed by atoms with E-state index in [1.165, 1.54) is 18.4 Å². The Morgan fingerprint density at radius 3 is 2.56 bits per heavy atom. The second-order valence-electron chi connectivity index (χ2n) is 3.87. The highest BCUT2D eigenvalue weighted by Crippen LogP contribution is 2.11. The number of ether oxygens (including phenoxy) is 1. The average Bonchev–Trinajstić information content (AvgIpc) is 2.30. The van der Waals surface area contributed by atoms with Crippen molar-refractivity contribution in [2.24, 2.45) is 0 Å². The summed E-state index contributed by atoms with van der Waals surface area (Å²) in [6.45, 7) is 2.75. The molecule has 90 valence electrons. The molecule has 0 bridgehead atoms. The van der Waals surface area contributed by atoms with Crippen molar-refractivity contribution in [3.8, 4) is 5.75 Å². The molecule has 0 aliphatic heterocycles. The van der Waals surface area contributed by atoms with Gasteiger partial charge in [0.05, 0.1) is 6.61 Å². The standard InChI is InChI=1S/C13H21NO2/c1-16-11-10-14-9-3-2-4-12-5-7-13(15)8-6-12/h5-8,14-15H,2-4,9-11H2,1H3. The zero-order valence-electron chi connectivity index (χ0n) is 9.91. The number of aromatic hydroxyl groups is 1. The summed E-state index contributed by atoms with van der Waals surface area (Å²) in [7, 11) is 1.71. The van der Waals surface area contributed by atoms with E-state index < -0.39 is 0 Å². The van der Waals surface area contributed by atoms with E-state index in [9.17, 15) is 0 Å². The lowest BCUT2D eigenvalue weighted by Gasteiger charge is -2.04. The minimum atomic E-state index is 0.338. The Hall–Kier alpha value is -1.06. The first-order chi connectivity index (χ1) is 7.83. The minimum absolute atomic E-state index is 0.338. The molecule has 0 aliphatic carbocycles. The van der Waals surface area contributed by atoms with Gasteiger partial charge in [0.25, 0.3) is 0 Å². The molecule has 0 aromatic heterocycles. The number of aryl methyl sites for hydroxylation is 1. The molecule has 0 radical (unpaired) electrons. The van der Waals surface area contributed by atoms with Gasteiger partial charge < -0.3 is 15.2 Å². The van der Waals surface area contributed by atoms with Crippen LogP contribution in [-0.2, 0) is 11.2 Å². The number of hydrogen-bond acceptors (Lipinski definition) is 3. The summed E-state index contributed by atoms with van der Waals surface area (Å²) < 4.78 is 4.94. The van der Waals surface area contributed by atoms with Crippen molar-refractivity contribution in [2.45, 2.75) is 19.3 Å². The smallest absolute Gasteiger partial charge is 0.115 e. The minimum Gasteiger partial charge on any atom is -0.508 e. The fourth-order valence-corrected chi connectivity index (χ4v) is 1.54. The van der Waals surface area contributed by atoms with Crippen LogP contribution in [0.3, 0.4) is 0 Å². The van der Waals surface area contributed by atoms with Crippen LogP contribution in [0.1, 0.15) is 18.4 Å². The van der Waals surface area contributed by atoms with Crippen molar-refractivity contribution in [1.82, 2.24) is 5.32 Å². The molecule has 0 heterocycles. The maximum atomic E-state index is 9.13. The van der Waals surface area contributed by atoms with E-state index in [1.54, 1.807) is 19.2 Å². The number of hydrogen-bond donors (Lipinski definition) is 2. The van der Waals surface area contributed by atoms with E-state index in [0.29, 0.717) is 5.75 Å². The van der Waals surface area contributed by atoms with Gasteiger partial charge >= 0.3 is 0 Å². The Balaban J connectivity index is 2.01. The van der Waals surface area contributed by atoms with Crippen LogP contribution in [0.25, 0.3) is 0 Å². The van der Waals surface area contributed by atoms with Crippen molar-refractivity contribution < 1.29 is 9.84 Å². The molecule has 3 nitrogen and oxygen atoms in total. The summed E-state index contributed by atoms with van der Waals surface area (Å²) in [5, 5.41) is 12.4. The monoisotopic (exact) mass is 223 g/mol. The van der Waals surface area contributed by atoms with Crippen LogP contribution in [0.2, 0.25) is 0 Å². The molecule has 1 aromatic carbocycles. The third-order valence-corrected chi connectivity index (χ3v) is 2.49. The molecule has 0 aliphatic rings. The van der Waals surface area contributed by atoms with Crippen LogP contribution >= 0.6 is 0 Å². The van der Waals surface area contributed by atoms with Crippen LogP contribution < -0.4 is 5.32 Å². The predicted octanol–water partition coefficient (Wildman–Crippen LogP) is 1.95. The van der Waals surface area contributed by atoms with Gasteiger partial charge in [-0.2, -0.15) is 0 Å². The molecule has 0 fully saturated rings. The molecule has 0 unspecified atom stereocenters. The van der Waals surface area contributed by atoms with E-state index in [2.05, 4.69) is 5.32 Å². The van der Waals surface area contributed by atoms with Crippen LogP contribution in [0.5, 0.6) is 5.75 Å². The van der Waals surface area contributed by atoms with Crippen LogP contribution in [0.15, 0.2) is 24.3 Å². The summed E-state index contributed by atoms with van der Waals surface area (Å²) >= 11 is 0. The molecular weight excluding hydrogens is 202 g/mol. The summed E-state index contributed by atoms with van der Waals surface area (Å²) in [6, 6.07) is 7.44. The van der Waals surface area contributed by atoms with Crippen LogP contribution in [-0.4, -0.2) is 31.9 Å². The average molecular weight is 223 g/mol. The molecule has 1 aromatic rings. The molecule has 0 spiro atoms. The Bertz CT molecular complexity index is 272. The van der Waals surface area contributed by atoms with E-state index in [0.717, 1.165) is 26.1 Å². The molecule has 3 heteroatoms. The molecule has 0 saturated carbocycles. The normalized spacial score (nSPS) is 10.6. The van der Waals surface area contributed by atoms with Gasteiger partial charge in [-0.3, -0.25) is 0 Å². The van der Waals surface area contributed by atoms with Crippen LogP contribution in [0, 0.1) is 0 Å². The zero-order chi connectivity index (χ0) is 11.6. The van der Waals surface area contributed by atoms with Gasteiger partial charge in [0.15, 0.2) is 0 Å². The van der Waals surface area contributed by atoms with Gasteiger partial charge in [0.2, 0.25) is 0 Å². The molecule has 16 heavy (non-hydrogen) atoms. The van der Waals surface area contributed by atoms with Gasteiger partial charge in [0, 0.05) is 13.7 Å². The third kappa shape index (κ3) is 5.73. The lowest BCUT2D eigenvalue weighted by Crippen LogP contribution is -2.20. The van der Waals surface area contributed by atoms with Crippen molar-refractivity contribution in [3.05, 3.63) is 29.8 Å². The Labute approximate surface area is 97.4 Å². The highest BCUT2D eigenvalue weighted by Gasteiger charge is 1.94. The second kappa shape index (κ2) is 8.13. The molecular formula is C13H21NO2. The molecule has 0 saturated heterocycles. The lowest BCUT2D eigenvalue weighted by molar-refractivity contribution is 0.199. The Kier molecular flexibility index (Phi) is 6.61. The number of unbranched alkanes of at least 4 members (excludes halogenated alkanes) is 1.